The molecule has 14 heavy (non-hydrogen) atoms. The summed E-state index contributed by atoms with van der Waals surface area (Å²) in [7, 11) is 1.52. The second kappa shape index (κ2) is 4.96. The molecule has 0 atom stereocenters. The molecule has 1 rings (SSSR count). The molecule has 1 aromatic carbocycles. The predicted octanol–water partition coefficient (Wildman–Crippen LogP) is 0.657. The number of hydrogen-bond donors (Lipinski definition) is 3. The molecule has 0 radical (unpaired) electrons. The lowest BCUT2D eigenvalue weighted by Gasteiger charge is -2.07. The van der Waals surface area contributed by atoms with Gasteiger partial charge in [0.25, 0.3) is 0 Å². The summed E-state index contributed by atoms with van der Waals surface area (Å²) in [5, 5.41) is 13.8. The van der Waals surface area contributed by atoms with E-state index in [1.165, 1.54) is 19.2 Å². The second-order valence-corrected chi connectivity index (χ2v) is 2.54. The summed E-state index contributed by atoms with van der Waals surface area (Å²) in [6, 6.07) is 5.94. The van der Waals surface area contributed by atoms with Crippen molar-refractivity contribution in [2.75, 3.05) is 13.8 Å². The van der Waals surface area contributed by atoms with E-state index < -0.39 is 0 Å². The van der Waals surface area contributed by atoms with Gasteiger partial charge in [-0.1, -0.05) is 0 Å². The van der Waals surface area contributed by atoms with Crippen LogP contribution in [0, 0.1) is 0 Å². The highest BCUT2D eigenvalue weighted by Gasteiger charge is 1.96. The van der Waals surface area contributed by atoms with E-state index in [1.807, 2.05) is 0 Å². The standard InChI is InChI=1S/C9H12N2O3/c1-10-9(13)11-6-14-8-4-2-7(12)3-5-8/h2-5,12H,6H2,1H3,(H2,10,11,13). The van der Waals surface area contributed by atoms with Gasteiger partial charge in [-0.3, -0.25) is 0 Å². The Labute approximate surface area is 81.7 Å². The van der Waals surface area contributed by atoms with Gasteiger partial charge < -0.3 is 20.5 Å². The SMILES string of the molecule is CNC(=O)NCOc1ccc(O)cc1. The number of amides is 2. The Bertz CT molecular complexity index is 297. The van der Waals surface area contributed by atoms with Gasteiger partial charge in [-0.15, -0.1) is 0 Å². The molecule has 0 aliphatic carbocycles. The Hall–Kier alpha value is -1.91. The van der Waals surface area contributed by atoms with E-state index in [-0.39, 0.29) is 18.5 Å². The molecule has 3 N–H and O–H groups in total. The van der Waals surface area contributed by atoms with Gasteiger partial charge in [0.15, 0.2) is 6.73 Å². The molecule has 0 heterocycles. The molecular formula is C9H12N2O3. The molecule has 0 fully saturated rings. The number of hydrogen-bond acceptors (Lipinski definition) is 3. The van der Waals surface area contributed by atoms with Crippen molar-refractivity contribution in [3.63, 3.8) is 0 Å². The largest absolute Gasteiger partial charge is 0.508 e. The van der Waals surface area contributed by atoms with E-state index in [0.717, 1.165) is 0 Å². The summed E-state index contributed by atoms with van der Waals surface area (Å²) in [4.78, 5) is 10.7. The van der Waals surface area contributed by atoms with Crippen molar-refractivity contribution < 1.29 is 14.6 Å². The van der Waals surface area contributed by atoms with Crippen LogP contribution in [-0.4, -0.2) is 24.9 Å². The zero-order chi connectivity index (χ0) is 10.4. The Morgan fingerprint density at radius 1 is 1.43 bits per heavy atom. The van der Waals surface area contributed by atoms with Crippen LogP contribution in [0.15, 0.2) is 24.3 Å². The molecule has 0 aromatic heterocycles. The number of nitrogens with one attached hydrogen (secondary N) is 2. The van der Waals surface area contributed by atoms with Gasteiger partial charge in [-0.2, -0.15) is 0 Å². The molecule has 0 aliphatic rings. The van der Waals surface area contributed by atoms with E-state index in [1.54, 1.807) is 12.1 Å². The van der Waals surface area contributed by atoms with Gasteiger partial charge in [0.2, 0.25) is 0 Å². The summed E-state index contributed by atoms with van der Waals surface area (Å²) in [5.41, 5.74) is 0. The summed E-state index contributed by atoms with van der Waals surface area (Å²) in [6.07, 6.45) is 0. The first kappa shape index (κ1) is 10.2. The van der Waals surface area contributed by atoms with Gasteiger partial charge in [0.1, 0.15) is 11.5 Å². The lowest BCUT2D eigenvalue weighted by molar-refractivity contribution is 0.226. The quantitative estimate of drug-likeness (QED) is 0.622. The van der Waals surface area contributed by atoms with Crippen molar-refractivity contribution in [2.45, 2.75) is 0 Å². The Kier molecular flexibility index (Phi) is 3.60. The Morgan fingerprint density at radius 2 is 2.07 bits per heavy atom. The lowest BCUT2D eigenvalue weighted by atomic mass is 10.3. The van der Waals surface area contributed by atoms with Crippen molar-refractivity contribution in [1.82, 2.24) is 10.6 Å². The van der Waals surface area contributed by atoms with Crippen molar-refractivity contribution in [1.29, 1.82) is 0 Å². The van der Waals surface area contributed by atoms with E-state index in [9.17, 15) is 4.79 Å². The Balaban J connectivity index is 2.31. The van der Waals surface area contributed by atoms with Gasteiger partial charge in [0.05, 0.1) is 0 Å². The monoisotopic (exact) mass is 196 g/mol. The molecule has 0 bridgehead atoms. The molecule has 0 saturated carbocycles. The van der Waals surface area contributed by atoms with Crippen molar-refractivity contribution in [3.05, 3.63) is 24.3 Å². The van der Waals surface area contributed by atoms with Crippen LogP contribution in [0.1, 0.15) is 0 Å². The Morgan fingerprint density at radius 3 is 2.64 bits per heavy atom. The van der Waals surface area contributed by atoms with Crippen LogP contribution in [0.5, 0.6) is 11.5 Å². The minimum atomic E-state index is -0.302. The first-order chi connectivity index (χ1) is 6.72. The molecule has 5 nitrogen and oxygen atoms in total. The number of ether oxygens (including phenoxy) is 1. The number of carbonyl (C=O) groups excluding carboxylic acids is 1. The molecular weight excluding hydrogens is 184 g/mol. The molecule has 0 spiro atoms. The third-order valence-electron chi connectivity index (χ3n) is 1.54. The third kappa shape index (κ3) is 3.22. The number of aromatic hydroxyl groups is 1. The summed E-state index contributed by atoms with van der Waals surface area (Å²) in [5.74, 6) is 0.760. The zero-order valence-electron chi connectivity index (χ0n) is 7.78. The molecule has 76 valence electrons. The number of rotatable bonds is 3. The number of carbonyl (C=O) groups is 1. The number of phenols is 1. The average molecular weight is 196 g/mol. The topological polar surface area (TPSA) is 70.6 Å². The van der Waals surface area contributed by atoms with E-state index in [2.05, 4.69) is 10.6 Å². The van der Waals surface area contributed by atoms with E-state index >= 15 is 0 Å². The minimum Gasteiger partial charge on any atom is -0.508 e. The maximum atomic E-state index is 10.7. The van der Waals surface area contributed by atoms with Crippen LogP contribution in [0.4, 0.5) is 4.79 Å². The van der Waals surface area contributed by atoms with Crippen molar-refractivity contribution >= 4 is 6.03 Å². The first-order valence-corrected chi connectivity index (χ1v) is 4.10. The highest BCUT2D eigenvalue weighted by molar-refractivity contribution is 5.73. The number of phenolic OH excluding ortho intramolecular Hbond substituents is 1. The maximum absolute atomic E-state index is 10.7. The number of benzene rings is 1. The molecule has 0 saturated heterocycles. The summed E-state index contributed by atoms with van der Waals surface area (Å²) in [6.45, 7) is 0.0877. The van der Waals surface area contributed by atoms with Crippen LogP contribution < -0.4 is 15.4 Å². The van der Waals surface area contributed by atoms with Crippen molar-refractivity contribution in [2.24, 2.45) is 0 Å². The van der Waals surface area contributed by atoms with Crippen LogP contribution >= 0.6 is 0 Å². The number of urea groups is 1. The molecule has 0 aliphatic heterocycles. The summed E-state index contributed by atoms with van der Waals surface area (Å²) < 4.78 is 5.15. The van der Waals surface area contributed by atoms with Gasteiger partial charge >= 0.3 is 6.03 Å². The van der Waals surface area contributed by atoms with E-state index in [4.69, 9.17) is 9.84 Å². The molecule has 1 aromatic rings. The highest BCUT2D eigenvalue weighted by Crippen LogP contribution is 2.15. The van der Waals surface area contributed by atoms with Crippen LogP contribution in [0.3, 0.4) is 0 Å². The smallest absolute Gasteiger partial charge is 0.317 e. The third-order valence-corrected chi connectivity index (χ3v) is 1.54. The van der Waals surface area contributed by atoms with Gasteiger partial charge in [-0.25, -0.2) is 4.79 Å². The normalized spacial score (nSPS) is 9.21. The van der Waals surface area contributed by atoms with Crippen LogP contribution in [0.25, 0.3) is 0 Å². The fraction of sp³-hybridized carbons (Fsp3) is 0.222. The average Bonchev–Trinajstić information content (AvgIpc) is 2.21. The fourth-order valence-electron chi connectivity index (χ4n) is 0.816. The lowest BCUT2D eigenvalue weighted by Crippen LogP contribution is -2.35. The second-order valence-electron chi connectivity index (χ2n) is 2.54. The van der Waals surface area contributed by atoms with Crippen LogP contribution in [0.2, 0.25) is 0 Å². The van der Waals surface area contributed by atoms with E-state index in [0.29, 0.717) is 5.75 Å². The highest BCUT2D eigenvalue weighted by atomic mass is 16.5. The fourth-order valence-corrected chi connectivity index (χ4v) is 0.816. The van der Waals surface area contributed by atoms with Gasteiger partial charge in [-0.05, 0) is 24.3 Å². The summed E-state index contributed by atoms with van der Waals surface area (Å²) >= 11 is 0. The maximum Gasteiger partial charge on any atom is 0.317 e. The molecule has 2 amide bonds. The minimum absolute atomic E-state index is 0.0877. The predicted molar refractivity (Wildman–Crippen MR) is 51.2 cm³/mol. The van der Waals surface area contributed by atoms with Gasteiger partial charge in [0, 0.05) is 7.05 Å². The zero-order valence-corrected chi connectivity index (χ0v) is 7.78. The molecule has 5 heteroatoms. The van der Waals surface area contributed by atoms with Crippen LogP contribution in [-0.2, 0) is 0 Å². The first-order valence-electron chi connectivity index (χ1n) is 4.10. The van der Waals surface area contributed by atoms with Crippen molar-refractivity contribution in [3.8, 4) is 11.5 Å². The molecule has 0 unspecified atom stereocenters.